The van der Waals surface area contributed by atoms with Gasteiger partial charge in [-0.2, -0.15) is 0 Å². The molecule has 0 aliphatic carbocycles. The smallest absolute Gasteiger partial charge is 0.0459 e. The molecule has 2 aromatic rings. The van der Waals surface area contributed by atoms with Crippen LogP contribution in [0.5, 0.6) is 0 Å². The minimum absolute atomic E-state index is 0.0599. The van der Waals surface area contributed by atoms with Gasteiger partial charge in [-0.1, -0.05) is 25.1 Å². The third-order valence-corrected chi connectivity index (χ3v) is 3.37. The Morgan fingerprint density at radius 1 is 1.29 bits per heavy atom. The Balaban J connectivity index is 2.37. The third kappa shape index (κ3) is 2.35. The number of aromatic nitrogens is 1. The lowest BCUT2D eigenvalue weighted by molar-refractivity contribution is 0.483. The van der Waals surface area contributed by atoms with Crippen molar-refractivity contribution in [2.45, 2.75) is 26.3 Å². The Kier molecular flexibility index (Phi) is 3.50. The van der Waals surface area contributed by atoms with Crippen molar-refractivity contribution in [2.24, 2.45) is 17.4 Å². The monoisotopic (exact) mass is 231 g/mol. The predicted molar refractivity (Wildman–Crippen MR) is 72.8 cm³/mol. The van der Waals surface area contributed by atoms with E-state index in [4.69, 9.17) is 11.5 Å². The summed E-state index contributed by atoms with van der Waals surface area (Å²) in [4.78, 5) is 3.39. The highest BCUT2D eigenvalue weighted by atomic mass is 14.7. The lowest BCUT2D eigenvalue weighted by Crippen LogP contribution is -2.19. The SMILES string of the molecule is Cc1[nH]c2ccccc2c1C(N)CC(C)CN. The normalized spacial score (nSPS) is 15.1. The van der Waals surface area contributed by atoms with Crippen molar-refractivity contribution in [3.8, 4) is 0 Å². The maximum absolute atomic E-state index is 6.31. The largest absolute Gasteiger partial charge is 0.358 e. The molecule has 2 atom stereocenters. The van der Waals surface area contributed by atoms with Gasteiger partial charge in [0.05, 0.1) is 0 Å². The summed E-state index contributed by atoms with van der Waals surface area (Å²) in [6.07, 6.45) is 0.930. The number of fused-ring (bicyclic) bond motifs is 1. The van der Waals surface area contributed by atoms with Gasteiger partial charge < -0.3 is 16.5 Å². The van der Waals surface area contributed by atoms with E-state index in [-0.39, 0.29) is 6.04 Å². The van der Waals surface area contributed by atoms with Crippen molar-refractivity contribution < 1.29 is 0 Å². The van der Waals surface area contributed by atoms with Crippen LogP contribution in [0.2, 0.25) is 0 Å². The van der Waals surface area contributed by atoms with Crippen molar-refractivity contribution in [2.75, 3.05) is 6.54 Å². The van der Waals surface area contributed by atoms with Crippen LogP contribution in [-0.4, -0.2) is 11.5 Å². The van der Waals surface area contributed by atoms with Gasteiger partial charge in [0, 0.05) is 22.6 Å². The second-order valence-electron chi connectivity index (χ2n) is 4.89. The van der Waals surface area contributed by atoms with Crippen molar-refractivity contribution in [1.29, 1.82) is 0 Å². The topological polar surface area (TPSA) is 67.8 Å². The standard InChI is InChI=1S/C14H21N3/c1-9(8-15)7-12(16)14-10(2)17-13-6-4-3-5-11(13)14/h3-6,9,12,17H,7-8,15-16H2,1-2H3. The molecule has 0 bridgehead atoms. The number of rotatable bonds is 4. The van der Waals surface area contributed by atoms with Gasteiger partial charge in [0.15, 0.2) is 0 Å². The summed E-state index contributed by atoms with van der Waals surface area (Å²) in [7, 11) is 0. The fraction of sp³-hybridized carbons (Fsp3) is 0.429. The molecule has 1 aromatic heterocycles. The lowest BCUT2D eigenvalue weighted by atomic mass is 9.95. The molecule has 0 saturated heterocycles. The van der Waals surface area contributed by atoms with Crippen LogP contribution in [0.4, 0.5) is 0 Å². The van der Waals surface area contributed by atoms with Gasteiger partial charge in [0.1, 0.15) is 0 Å². The number of nitrogens with one attached hydrogen (secondary N) is 1. The van der Waals surface area contributed by atoms with Gasteiger partial charge in [-0.05, 0) is 37.4 Å². The Morgan fingerprint density at radius 3 is 2.71 bits per heavy atom. The molecule has 1 heterocycles. The van der Waals surface area contributed by atoms with E-state index in [1.165, 1.54) is 16.6 Å². The number of nitrogens with two attached hydrogens (primary N) is 2. The van der Waals surface area contributed by atoms with E-state index in [2.05, 4.69) is 37.0 Å². The summed E-state index contributed by atoms with van der Waals surface area (Å²) in [5.74, 6) is 0.457. The van der Waals surface area contributed by atoms with Crippen LogP contribution in [0.15, 0.2) is 24.3 Å². The highest BCUT2D eigenvalue weighted by Crippen LogP contribution is 2.29. The number of aromatic amines is 1. The number of hydrogen-bond acceptors (Lipinski definition) is 2. The minimum atomic E-state index is 0.0599. The van der Waals surface area contributed by atoms with E-state index in [1.807, 2.05) is 6.07 Å². The highest BCUT2D eigenvalue weighted by molar-refractivity contribution is 5.85. The summed E-state index contributed by atoms with van der Waals surface area (Å²) < 4.78 is 0. The van der Waals surface area contributed by atoms with E-state index < -0.39 is 0 Å². The number of benzene rings is 1. The molecule has 0 spiro atoms. The van der Waals surface area contributed by atoms with E-state index in [0.29, 0.717) is 12.5 Å². The zero-order chi connectivity index (χ0) is 12.4. The second kappa shape index (κ2) is 4.90. The fourth-order valence-corrected chi connectivity index (χ4v) is 2.42. The van der Waals surface area contributed by atoms with Crippen molar-refractivity contribution in [1.82, 2.24) is 4.98 Å². The first-order chi connectivity index (χ1) is 8.13. The van der Waals surface area contributed by atoms with Gasteiger partial charge in [0.25, 0.3) is 0 Å². The summed E-state index contributed by atoms with van der Waals surface area (Å²) in [6, 6.07) is 8.37. The Labute approximate surface area is 102 Å². The van der Waals surface area contributed by atoms with E-state index in [0.717, 1.165) is 11.9 Å². The molecule has 0 saturated carbocycles. The first-order valence-corrected chi connectivity index (χ1v) is 6.16. The molecule has 0 aliphatic rings. The van der Waals surface area contributed by atoms with Crippen molar-refractivity contribution in [3.05, 3.63) is 35.5 Å². The zero-order valence-electron chi connectivity index (χ0n) is 10.5. The first-order valence-electron chi connectivity index (χ1n) is 6.16. The molecule has 0 aliphatic heterocycles. The molecule has 2 unspecified atom stereocenters. The molecule has 0 fully saturated rings. The maximum atomic E-state index is 6.31. The first kappa shape index (κ1) is 12.1. The Hall–Kier alpha value is -1.32. The van der Waals surface area contributed by atoms with E-state index >= 15 is 0 Å². The van der Waals surface area contributed by atoms with Crippen LogP contribution in [0.3, 0.4) is 0 Å². The van der Waals surface area contributed by atoms with Crippen LogP contribution in [0, 0.1) is 12.8 Å². The molecule has 92 valence electrons. The molecule has 0 amide bonds. The number of para-hydroxylation sites is 1. The summed E-state index contributed by atoms with van der Waals surface area (Å²) >= 11 is 0. The summed E-state index contributed by atoms with van der Waals surface area (Å²) in [5, 5.41) is 1.24. The molecule has 17 heavy (non-hydrogen) atoms. The van der Waals surface area contributed by atoms with Gasteiger partial charge >= 0.3 is 0 Å². The summed E-state index contributed by atoms with van der Waals surface area (Å²) in [5.41, 5.74) is 15.5. The quantitative estimate of drug-likeness (QED) is 0.756. The van der Waals surface area contributed by atoms with Gasteiger partial charge in [-0.3, -0.25) is 0 Å². The van der Waals surface area contributed by atoms with Crippen LogP contribution in [0.1, 0.15) is 30.6 Å². The molecular weight excluding hydrogens is 210 g/mol. The van der Waals surface area contributed by atoms with Crippen LogP contribution in [-0.2, 0) is 0 Å². The maximum Gasteiger partial charge on any atom is 0.0459 e. The summed E-state index contributed by atoms with van der Waals surface area (Å²) in [6.45, 7) is 4.92. The zero-order valence-corrected chi connectivity index (χ0v) is 10.5. The van der Waals surface area contributed by atoms with E-state index in [1.54, 1.807) is 0 Å². The molecular formula is C14H21N3. The number of hydrogen-bond donors (Lipinski definition) is 3. The molecule has 3 nitrogen and oxygen atoms in total. The molecule has 3 heteroatoms. The van der Waals surface area contributed by atoms with Crippen LogP contribution in [0.25, 0.3) is 10.9 Å². The average Bonchev–Trinajstić information content (AvgIpc) is 2.64. The highest BCUT2D eigenvalue weighted by Gasteiger charge is 2.16. The van der Waals surface area contributed by atoms with Crippen molar-refractivity contribution in [3.63, 3.8) is 0 Å². The Morgan fingerprint density at radius 2 is 2.00 bits per heavy atom. The fourth-order valence-electron chi connectivity index (χ4n) is 2.42. The van der Waals surface area contributed by atoms with Crippen molar-refractivity contribution >= 4 is 10.9 Å². The predicted octanol–water partition coefficient (Wildman–Crippen LogP) is 2.46. The van der Waals surface area contributed by atoms with Crippen LogP contribution < -0.4 is 11.5 Å². The van der Waals surface area contributed by atoms with Gasteiger partial charge in [-0.25, -0.2) is 0 Å². The Bertz CT molecular complexity index is 501. The van der Waals surface area contributed by atoms with Gasteiger partial charge in [-0.15, -0.1) is 0 Å². The molecule has 0 radical (unpaired) electrons. The third-order valence-electron chi connectivity index (χ3n) is 3.37. The molecule has 2 rings (SSSR count). The molecule has 5 N–H and O–H groups in total. The minimum Gasteiger partial charge on any atom is -0.358 e. The average molecular weight is 231 g/mol. The van der Waals surface area contributed by atoms with Gasteiger partial charge in [0.2, 0.25) is 0 Å². The molecule has 1 aromatic carbocycles. The van der Waals surface area contributed by atoms with E-state index in [9.17, 15) is 0 Å². The van der Waals surface area contributed by atoms with Crippen LogP contribution >= 0.6 is 0 Å². The lowest BCUT2D eigenvalue weighted by Gasteiger charge is -2.16. The number of H-pyrrole nitrogens is 1. The number of aryl methyl sites for hydroxylation is 1. The second-order valence-corrected chi connectivity index (χ2v) is 4.89.